The van der Waals surface area contributed by atoms with Crippen molar-refractivity contribution in [3.05, 3.63) is 18.3 Å². The van der Waals surface area contributed by atoms with Gasteiger partial charge in [-0.1, -0.05) is 0 Å². The molecule has 0 saturated heterocycles. The van der Waals surface area contributed by atoms with Gasteiger partial charge in [-0.2, -0.15) is 5.26 Å². The zero-order valence-corrected chi connectivity index (χ0v) is 10.9. The van der Waals surface area contributed by atoms with Crippen molar-refractivity contribution in [2.24, 2.45) is 5.41 Å². The molecule has 0 radical (unpaired) electrons. The number of nitriles is 1. The van der Waals surface area contributed by atoms with E-state index in [9.17, 15) is 0 Å². The number of rotatable bonds is 6. The minimum Gasteiger partial charge on any atom is -0.473 e. The molecule has 0 spiro atoms. The van der Waals surface area contributed by atoms with Gasteiger partial charge in [0.2, 0.25) is 5.88 Å². The Bertz CT molecular complexity index is 447. The van der Waals surface area contributed by atoms with E-state index < -0.39 is 0 Å². The van der Waals surface area contributed by atoms with E-state index in [-0.39, 0.29) is 11.5 Å². The van der Waals surface area contributed by atoms with Crippen LogP contribution in [0.25, 0.3) is 0 Å². The number of nitrogens with zero attached hydrogens (tertiary/aromatic N) is 2. The highest BCUT2D eigenvalue weighted by atomic mass is 16.5. The van der Waals surface area contributed by atoms with Crippen molar-refractivity contribution in [3.8, 4) is 11.9 Å². The van der Waals surface area contributed by atoms with E-state index in [2.05, 4.69) is 16.4 Å². The number of hydrogen-bond donors (Lipinski definition) is 1. The lowest BCUT2D eigenvalue weighted by Crippen LogP contribution is -2.16. The van der Waals surface area contributed by atoms with Crippen LogP contribution in [-0.2, 0) is 0 Å². The van der Waals surface area contributed by atoms with Gasteiger partial charge in [-0.3, -0.25) is 0 Å². The second kappa shape index (κ2) is 5.26. The predicted octanol–water partition coefficient (Wildman–Crippen LogP) is 2.97. The van der Waals surface area contributed by atoms with Gasteiger partial charge in [0.15, 0.2) is 0 Å². The minimum absolute atomic E-state index is 0.106. The van der Waals surface area contributed by atoms with E-state index in [1.54, 1.807) is 6.20 Å². The van der Waals surface area contributed by atoms with E-state index in [0.717, 1.165) is 25.1 Å². The van der Waals surface area contributed by atoms with Crippen molar-refractivity contribution in [1.29, 1.82) is 5.26 Å². The van der Waals surface area contributed by atoms with Gasteiger partial charge in [-0.15, -0.1) is 0 Å². The van der Waals surface area contributed by atoms with Crippen LogP contribution in [0.5, 0.6) is 5.88 Å². The van der Waals surface area contributed by atoms with Crippen molar-refractivity contribution in [1.82, 2.24) is 4.98 Å². The zero-order chi connectivity index (χ0) is 13.0. The van der Waals surface area contributed by atoms with Gasteiger partial charge in [0, 0.05) is 24.6 Å². The summed E-state index contributed by atoms with van der Waals surface area (Å²) in [6.45, 7) is 4.79. The Labute approximate surface area is 108 Å². The summed E-state index contributed by atoms with van der Waals surface area (Å²) in [4.78, 5) is 4.24. The molecule has 0 atom stereocenters. The van der Waals surface area contributed by atoms with Crippen LogP contribution < -0.4 is 10.1 Å². The molecule has 0 aliphatic heterocycles. The number of pyridine rings is 1. The van der Waals surface area contributed by atoms with Crippen LogP contribution in [-0.4, -0.2) is 17.6 Å². The van der Waals surface area contributed by atoms with E-state index in [0.29, 0.717) is 12.3 Å². The Morgan fingerprint density at radius 1 is 1.56 bits per heavy atom. The molecular formula is C14H19N3O. The molecule has 0 aromatic carbocycles. The van der Waals surface area contributed by atoms with Crippen molar-refractivity contribution in [3.63, 3.8) is 0 Å². The first kappa shape index (κ1) is 12.7. The minimum atomic E-state index is 0.106. The van der Waals surface area contributed by atoms with Gasteiger partial charge < -0.3 is 10.1 Å². The molecule has 1 saturated carbocycles. The zero-order valence-electron chi connectivity index (χ0n) is 10.9. The lowest BCUT2D eigenvalue weighted by atomic mass is 10.0. The second-order valence-corrected chi connectivity index (χ2v) is 5.21. The molecule has 1 aromatic heterocycles. The maximum atomic E-state index is 8.80. The molecule has 0 amide bonds. The third-order valence-corrected chi connectivity index (χ3v) is 3.18. The normalized spacial score (nSPS) is 16.1. The number of anilines is 1. The average Bonchev–Trinajstić information content (AvgIpc) is 3.08. The summed E-state index contributed by atoms with van der Waals surface area (Å²) in [5.41, 5.74) is 1.09. The van der Waals surface area contributed by atoms with Crippen molar-refractivity contribution >= 4 is 5.69 Å². The monoisotopic (exact) mass is 245 g/mol. The fourth-order valence-electron chi connectivity index (χ4n) is 1.89. The van der Waals surface area contributed by atoms with Crippen LogP contribution in [0, 0.1) is 16.7 Å². The lowest BCUT2D eigenvalue weighted by molar-refractivity contribution is 0.234. The average molecular weight is 245 g/mol. The smallest absolute Gasteiger partial charge is 0.237 e. The Morgan fingerprint density at radius 2 is 2.33 bits per heavy atom. The molecule has 96 valence electrons. The number of hydrogen-bond acceptors (Lipinski definition) is 4. The molecule has 4 nitrogen and oxygen atoms in total. The van der Waals surface area contributed by atoms with Crippen LogP contribution >= 0.6 is 0 Å². The molecule has 1 aliphatic rings. The summed E-state index contributed by atoms with van der Waals surface area (Å²) >= 11 is 0. The van der Waals surface area contributed by atoms with Crippen LogP contribution in [0.15, 0.2) is 18.3 Å². The maximum Gasteiger partial charge on any atom is 0.237 e. The van der Waals surface area contributed by atoms with Crippen LogP contribution in [0.2, 0.25) is 0 Å². The summed E-state index contributed by atoms with van der Waals surface area (Å²) in [5, 5.41) is 12.2. The Balaban J connectivity index is 1.99. The lowest BCUT2D eigenvalue weighted by Gasteiger charge is -2.17. The van der Waals surface area contributed by atoms with Gasteiger partial charge in [-0.05, 0) is 38.8 Å². The molecule has 1 aliphatic carbocycles. The molecule has 18 heavy (non-hydrogen) atoms. The quantitative estimate of drug-likeness (QED) is 0.837. The fraction of sp³-hybridized carbons (Fsp3) is 0.571. The molecule has 1 aromatic rings. The summed E-state index contributed by atoms with van der Waals surface area (Å²) in [6.07, 6.45) is 4.73. The van der Waals surface area contributed by atoms with E-state index in [1.807, 2.05) is 26.0 Å². The second-order valence-electron chi connectivity index (χ2n) is 5.21. The maximum absolute atomic E-state index is 8.80. The predicted molar refractivity (Wildman–Crippen MR) is 70.4 cm³/mol. The number of nitrogens with one attached hydrogen (secondary N) is 1. The topological polar surface area (TPSA) is 57.9 Å². The van der Waals surface area contributed by atoms with E-state index in [1.165, 1.54) is 0 Å². The van der Waals surface area contributed by atoms with Gasteiger partial charge >= 0.3 is 0 Å². The molecule has 0 bridgehead atoms. The van der Waals surface area contributed by atoms with E-state index in [4.69, 9.17) is 10.00 Å². The number of aromatic nitrogens is 1. The van der Waals surface area contributed by atoms with Gasteiger partial charge in [0.05, 0.1) is 17.9 Å². The largest absolute Gasteiger partial charge is 0.473 e. The molecule has 1 fully saturated rings. The first-order valence-corrected chi connectivity index (χ1v) is 6.38. The summed E-state index contributed by atoms with van der Waals surface area (Å²) < 4.78 is 5.65. The van der Waals surface area contributed by atoms with Crippen LogP contribution in [0.1, 0.15) is 33.1 Å². The summed E-state index contributed by atoms with van der Waals surface area (Å²) in [7, 11) is 0. The standard InChI is InChI=1S/C14H19N3O/c1-11(2)18-13-12(4-3-9-16-13)17-10-14(5-6-14)7-8-15/h3-4,9,11,17H,5-7,10H2,1-2H3. The molecular weight excluding hydrogens is 226 g/mol. The summed E-state index contributed by atoms with van der Waals surface area (Å²) in [6, 6.07) is 6.12. The van der Waals surface area contributed by atoms with Crippen LogP contribution in [0.4, 0.5) is 5.69 Å². The van der Waals surface area contributed by atoms with Gasteiger partial charge in [0.25, 0.3) is 0 Å². The molecule has 4 heteroatoms. The molecule has 0 unspecified atom stereocenters. The molecule has 1 heterocycles. The van der Waals surface area contributed by atoms with Gasteiger partial charge in [0.1, 0.15) is 0 Å². The van der Waals surface area contributed by atoms with Crippen molar-refractivity contribution in [2.75, 3.05) is 11.9 Å². The first-order chi connectivity index (χ1) is 8.65. The van der Waals surface area contributed by atoms with Crippen LogP contribution in [0.3, 0.4) is 0 Å². The first-order valence-electron chi connectivity index (χ1n) is 6.38. The highest BCUT2D eigenvalue weighted by Crippen LogP contribution is 2.48. The number of ether oxygens (including phenoxy) is 1. The Morgan fingerprint density at radius 3 is 2.94 bits per heavy atom. The van der Waals surface area contributed by atoms with Crippen molar-refractivity contribution in [2.45, 2.75) is 39.2 Å². The third-order valence-electron chi connectivity index (χ3n) is 3.18. The highest BCUT2D eigenvalue weighted by molar-refractivity contribution is 5.52. The van der Waals surface area contributed by atoms with Crippen molar-refractivity contribution < 1.29 is 4.74 Å². The molecule has 1 N–H and O–H groups in total. The Kier molecular flexibility index (Phi) is 3.71. The highest BCUT2D eigenvalue weighted by Gasteiger charge is 2.42. The van der Waals surface area contributed by atoms with E-state index >= 15 is 0 Å². The summed E-state index contributed by atoms with van der Waals surface area (Å²) in [5.74, 6) is 0.639. The fourth-order valence-corrected chi connectivity index (χ4v) is 1.89. The SMILES string of the molecule is CC(C)Oc1ncccc1NCC1(CC#N)CC1. The third kappa shape index (κ3) is 3.13. The molecule has 2 rings (SSSR count). The van der Waals surface area contributed by atoms with Gasteiger partial charge in [-0.25, -0.2) is 4.98 Å². The Hall–Kier alpha value is -1.76.